The van der Waals surface area contributed by atoms with E-state index in [1.54, 1.807) is 17.8 Å². The van der Waals surface area contributed by atoms with Crippen LogP contribution in [-0.4, -0.2) is 59.5 Å². The summed E-state index contributed by atoms with van der Waals surface area (Å²) in [5.74, 6) is -0.391. The largest absolute Gasteiger partial charge is 0.477 e. The highest BCUT2D eigenvalue weighted by atomic mass is 35.5. The summed E-state index contributed by atoms with van der Waals surface area (Å²) in [4.78, 5) is 29.8. The van der Waals surface area contributed by atoms with Crippen LogP contribution >= 0.6 is 23.4 Å². The number of aromatic carboxylic acids is 1. The number of carboxylic acids is 1. The zero-order chi connectivity index (χ0) is 18.6. The molecule has 0 saturated carbocycles. The van der Waals surface area contributed by atoms with Crippen LogP contribution in [0.15, 0.2) is 22.0 Å². The number of hydrogen-bond donors (Lipinski definition) is 1. The summed E-state index contributed by atoms with van der Waals surface area (Å²) >= 11 is 8.31. The topological polar surface area (TPSA) is 65.8 Å². The van der Waals surface area contributed by atoms with Crippen LogP contribution < -0.4 is 10.3 Å². The lowest BCUT2D eigenvalue weighted by Crippen LogP contribution is -2.45. The number of anilines is 1. The molecular formula is C18H20ClN3O3S. The van der Waals surface area contributed by atoms with Gasteiger partial charge in [0.1, 0.15) is 5.56 Å². The van der Waals surface area contributed by atoms with Crippen molar-refractivity contribution < 1.29 is 9.90 Å². The van der Waals surface area contributed by atoms with Gasteiger partial charge in [0.05, 0.1) is 21.1 Å². The highest BCUT2D eigenvalue weighted by Gasteiger charge is 2.29. The fraction of sp³-hybridized carbons (Fsp3) is 0.444. The molecule has 138 valence electrons. The van der Waals surface area contributed by atoms with Crippen molar-refractivity contribution in [2.24, 2.45) is 0 Å². The van der Waals surface area contributed by atoms with Gasteiger partial charge in [-0.1, -0.05) is 11.6 Å². The lowest BCUT2D eigenvalue weighted by molar-refractivity contribution is 0.0694. The van der Waals surface area contributed by atoms with Crippen LogP contribution in [0.25, 0.3) is 10.9 Å². The minimum absolute atomic E-state index is 0.107. The Morgan fingerprint density at radius 3 is 2.65 bits per heavy atom. The van der Waals surface area contributed by atoms with E-state index in [-0.39, 0.29) is 11.6 Å². The average molecular weight is 394 g/mol. The second kappa shape index (κ2) is 6.48. The molecule has 1 aromatic carbocycles. The maximum absolute atomic E-state index is 12.7. The summed E-state index contributed by atoms with van der Waals surface area (Å²) < 4.78 is 1.93. The van der Waals surface area contributed by atoms with Crippen LogP contribution in [0.1, 0.15) is 23.3 Å². The molecule has 1 atom stereocenters. The third-order valence-electron chi connectivity index (χ3n) is 5.19. The number of rotatable bonds is 2. The fourth-order valence-corrected chi connectivity index (χ4v) is 5.36. The Labute approximate surface area is 160 Å². The highest BCUT2D eigenvalue weighted by molar-refractivity contribution is 7.99. The van der Waals surface area contributed by atoms with Gasteiger partial charge in [0, 0.05) is 49.6 Å². The van der Waals surface area contributed by atoms with Gasteiger partial charge in [-0.2, -0.15) is 0 Å². The number of carboxylic acid groups (broad SMARTS) is 1. The van der Waals surface area contributed by atoms with E-state index in [9.17, 15) is 14.7 Å². The van der Waals surface area contributed by atoms with Gasteiger partial charge < -0.3 is 19.5 Å². The first-order valence-corrected chi connectivity index (χ1v) is 9.95. The van der Waals surface area contributed by atoms with Crippen molar-refractivity contribution in [1.29, 1.82) is 0 Å². The summed E-state index contributed by atoms with van der Waals surface area (Å²) in [5, 5.41) is 10.3. The number of likely N-dealkylation sites (N-methyl/N-ethyl adjacent to an activating group) is 1. The van der Waals surface area contributed by atoms with Crippen LogP contribution in [0.4, 0.5) is 5.69 Å². The molecule has 8 heteroatoms. The molecule has 0 aliphatic carbocycles. The third kappa shape index (κ3) is 2.69. The van der Waals surface area contributed by atoms with Gasteiger partial charge in [0.2, 0.25) is 5.43 Å². The first kappa shape index (κ1) is 17.7. The normalized spacial score (nSPS) is 20.6. The molecule has 0 amide bonds. The number of thioether (sulfide) groups is 1. The molecule has 2 aliphatic rings. The molecule has 1 saturated heterocycles. The van der Waals surface area contributed by atoms with E-state index in [0.29, 0.717) is 10.4 Å². The predicted molar refractivity (Wildman–Crippen MR) is 105 cm³/mol. The van der Waals surface area contributed by atoms with Crippen LogP contribution in [0.3, 0.4) is 0 Å². The van der Waals surface area contributed by atoms with Crippen molar-refractivity contribution in [2.75, 3.05) is 43.9 Å². The number of halogens is 1. The van der Waals surface area contributed by atoms with Crippen molar-refractivity contribution in [1.82, 2.24) is 9.47 Å². The number of aromatic nitrogens is 1. The third-order valence-corrected chi connectivity index (χ3v) is 6.80. The number of carbonyl (C=O) groups is 1. The second-order valence-electron chi connectivity index (χ2n) is 6.97. The van der Waals surface area contributed by atoms with Gasteiger partial charge in [-0.25, -0.2) is 4.79 Å². The van der Waals surface area contributed by atoms with Crippen LogP contribution in [0, 0.1) is 0 Å². The Balaban J connectivity index is 2.00. The molecule has 6 nitrogen and oxygen atoms in total. The van der Waals surface area contributed by atoms with Crippen LogP contribution in [0.5, 0.6) is 0 Å². The SMILES string of the molecule is CC1CSc2c(N3CCN(C)CC3)c(Cl)cc3c(=O)c(C(=O)O)cn1c23. The fourth-order valence-electron chi connectivity index (χ4n) is 3.69. The lowest BCUT2D eigenvalue weighted by atomic mass is 10.1. The van der Waals surface area contributed by atoms with E-state index in [2.05, 4.69) is 16.8 Å². The molecule has 2 aromatic rings. The average Bonchev–Trinajstić information content (AvgIpc) is 2.60. The molecule has 1 unspecified atom stereocenters. The molecule has 1 N–H and O–H groups in total. The highest BCUT2D eigenvalue weighted by Crippen LogP contribution is 2.46. The molecule has 1 fully saturated rings. The van der Waals surface area contributed by atoms with Gasteiger partial charge >= 0.3 is 5.97 Å². The minimum atomic E-state index is -1.20. The Kier molecular flexibility index (Phi) is 4.41. The van der Waals surface area contributed by atoms with Crippen molar-refractivity contribution >= 4 is 45.9 Å². The monoisotopic (exact) mass is 393 g/mol. The molecule has 0 bridgehead atoms. The van der Waals surface area contributed by atoms with E-state index in [1.807, 2.05) is 11.5 Å². The van der Waals surface area contributed by atoms with Crippen LogP contribution in [0.2, 0.25) is 5.02 Å². The smallest absolute Gasteiger partial charge is 0.341 e. The quantitative estimate of drug-likeness (QED) is 0.846. The van der Waals surface area contributed by atoms with Crippen molar-refractivity contribution in [3.05, 3.63) is 33.1 Å². The number of nitrogens with zero attached hydrogens (tertiary/aromatic N) is 3. The molecule has 0 spiro atoms. The van der Waals surface area contributed by atoms with E-state index >= 15 is 0 Å². The Morgan fingerprint density at radius 1 is 1.31 bits per heavy atom. The van der Waals surface area contributed by atoms with E-state index in [0.717, 1.165) is 48.0 Å². The summed E-state index contributed by atoms with van der Waals surface area (Å²) in [6.45, 7) is 5.71. The number of piperazine rings is 1. The molecule has 3 heterocycles. The standard InChI is InChI=1S/C18H20ClN3O3S/c1-10-9-26-17-14-11(16(23)12(18(24)25)8-22(10)14)7-13(19)15(17)21-5-3-20(2)4-6-21/h7-8,10H,3-6,9H2,1-2H3,(H,24,25). The molecule has 1 aromatic heterocycles. The van der Waals surface area contributed by atoms with Crippen molar-refractivity contribution in [2.45, 2.75) is 17.9 Å². The Morgan fingerprint density at radius 2 is 2.00 bits per heavy atom. The first-order chi connectivity index (χ1) is 12.4. The summed E-state index contributed by atoms with van der Waals surface area (Å²) in [7, 11) is 2.10. The molecule has 0 radical (unpaired) electrons. The summed E-state index contributed by atoms with van der Waals surface area (Å²) in [5.41, 5.74) is 1.11. The van der Waals surface area contributed by atoms with E-state index in [1.165, 1.54) is 6.20 Å². The van der Waals surface area contributed by atoms with E-state index < -0.39 is 11.4 Å². The summed E-state index contributed by atoms with van der Waals surface area (Å²) in [6, 6.07) is 1.76. The Hall–Kier alpha value is -1.70. The maximum atomic E-state index is 12.7. The maximum Gasteiger partial charge on any atom is 0.341 e. The van der Waals surface area contributed by atoms with Gasteiger partial charge in [0.25, 0.3) is 0 Å². The zero-order valence-corrected chi connectivity index (χ0v) is 16.2. The van der Waals surface area contributed by atoms with Crippen molar-refractivity contribution in [3.63, 3.8) is 0 Å². The van der Waals surface area contributed by atoms with Gasteiger partial charge in [0.15, 0.2) is 0 Å². The van der Waals surface area contributed by atoms with Crippen LogP contribution in [-0.2, 0) is 0 Å². The Bertz CT molecular complexity index is 967. The molecule has 2 aliphatic heterocycles. The second-order valence-corrected chi connectivity index (χ2v) is 8.40. The summed E-state index contributed by atoms with van der Waals surface area (Å²) in [6.07, 6.45) is 1.49. The van der Waals surface area contributed by atoms with E-state index in [4.69, 9.17) is 11.6 Å². The van der Waals surface area contributed by atoms with Gasteiger partial charge in [-0.05, 0) is 20.0 Å². The molecule has 4 rings (SSSR count). The predicted octanol–water partition coefficient (Wildman–Crippen LogP) is 2.77. The van der Waals surface area contributed by atoms with Crippen molar-refractivity contribution in [3.8, 4) is 0 Å². The minimum Gasteiger partial charge on any atom is -0.477 e. The molecular weight excluding hydrogens is 374 g/mol. The van der Waals surface area contributed by atoms with Gasteiger partial charge in [-0.3, -0.25) is 4.79 Å². The molecule has 26 heavy (non-hydrogen) atoms. The first-order valence-electron chi connectivity index (χ1n) is 8.59. The van der Waals surface area contributed by atoms with Gasteiger partial charge in [-0.15, -0.1) is 11.8 Å². The number of hydrogen-bond acceptors (Lipinski definition) is 5. The zero-order valence-electron chi connectivity index (χ0n) is 14.7. The number of pyridine rings is 1. The number of benzene rings is 1. The lowest BCUT2D eigenvalue weighted by Gasteiger charge is -2.37.